The van der Waals surface area contributed by atoms with Gasteiger partial charge in [-0.15, -0.1) is 0 Å². The van der Waals surface area contributed by atoms with Gasteiger partial charge < -0.3 is 24.7 Å². The SMILES string of the molecule is COC(=O)c1cccc2c(C=C3Oc4cc(O)cc(O)c4C3=O)c[nH]c12. The third-order valence-corrected chi connectivity index (χ3v) is 4.18. The number of aromatic amines is 1. The van der Waals surface area contributed by atoms with Crippen LogP contribution in [0.25, 0.3) is 17.0 Å². The zero-order chi connectivity index (χ0) is 18.4. The summed E-state index contributed by atoms with van der Waals surface area (Å²) >= 11 is 0. The van der Waals surface area contributed by atoms with Gasteiger partial charge in [-0.3, -0.25) is 4.79 Å². The van der Waals surface area contributed by atoms with Crippen LogP contribution in [0.3, 0.4) is 0 Å². The number of methoxy groups -OCH3 is 1. The van der Waals surface area contributed by atoms with Crippen molar-refractivity contribution in [2.24, 2.45) is 0 Å². The van der Waals surface area contributed by atoms with Gasteiger partial charge in [0.25, 0.3) is 0 Å². The molecular formula is C19H13NO6. The van der Waals surface area contributed by atoms with Gasteiger partial charge in [0.15, 0.2) is 5.76 Å². The predicted molar refractivity (Wildman–Crippen MR) is 92.3 cm³/mol. The standard InChI is InChI=1S/C19H13NO6/c1-25-19(24)12-4-2-3-11-9(8-20-17(11)12)5-15-18(23)16-13(22)6-10(21)7-14(16)26-15/h2-8,20-22H,1H3. The maximum atomic E-state index is 12.5. The molecule has 0 saturated heterocycles. The maximum absolute atomic E-state index is 12.5. The number of H-pyrrole nitrogens is 1. The second kappa shape index (κ2) is 5.66. The van der Waals surface area contributed by atoms with E-state index in [1.165, 1.54) is 19.3 Å². The number of esters is 1. The van der Waals surface area contributed by atoms with Crippen LogP contribution in [-0.4, -0.2) is 34.1 Å². The number of hydrogen-bond acceptors (Lipinski definition) is 6. The van der Waals surface area contributed by atoms with Crippen LogP contribution in [0, 0.1) is 0 Å². The van der Waals surface area contributed by atoms with Crippen molar-refractivity contribution in [3.05, 3.63) is 59.0 Å². The number of ketones is 1. The Morgan fingerprint density at radius 1 is 1.27 bits per heavy atom. The first kappa shape index (κ1) is 15.8. The van der Waals surface area contributed by atoms with E-state index in [0.717, 1.165) is 6.07 Å². The van der Waals surface area contributed by atoms with E-state index >= 15 is 0 Å². The van der Waals surface area contributed by atoms with Crippen LogP contribution in [0.1, 0.15) is 26.3 Å². The number of carbonyl (C=O) groups excluding carboxylic acids is 2. The number of phenols is 2. The third kappa shape index (κ3) is 2.29. The predicted octanol–water partition coefficient (Wildman–Crippen LogP) is 2.98. The number of fused-ring (bicyclic) bond motifs is 2. The number of aromatic hydroxyl groups is 2. The third-order valence-electron chi connectivity index (χ3n) is 4.18. The molecule has 0 spiro atoms. The number of Topliss-reactive ketones (excluding diaryl/α,β-unsaturated/α-hetero) is 1. The quantitative estimate of drug-likeness (QED) is 0.484. The normalized spacial score (nSPS) is 14.5. The van der Waals surface area contributed by atoms with Crippen molar-refractivity contribution in [3.63, 3.8) is 0 Å². The van der Waals surface area contributed by atoms with Crippen LogP contribution in [0.5, 0.6) is 17.2 Å². The average molecular weight is 351 g/mol. The van der Waals surface area contributed by atoms with Crippen molar-refractivity contribution >= 4 is 28.7 Å². The van der Waals surface area contributed by atoms with Gasteiger partial charge >= 0.3 is 5.97 Å². The van der Waals surface area contributed by atoms with Crippen molar-refractivity contribution in [2.45, 2.75) is 0 Å². The number of carbonyl (C=O) groups is 2. The Hall–Kier alpha value is -3.74. The molecule has 3 N–H and O–H groups in total. The molecule has 0 unspecified atom stereocenters. The molecule has 2 heterocycles. The highest BCUT2D eigenvalue weighted by molar-refractivity contribution is 6.17. The minimum Gasteiger partial charge on any atom is -0.508 e. The summed E-state index contributed by atoms with van der Waals surface area (Å²) in [4.78, 5) is 27.4. The zero-order valence-electron chi connectivity index (χ0n) is 13.6. The summed E-state index contributed by atoms with van der Waals surface area (Å²) < 4.78 is 10.3. The first-order chi connectivity index (χ1) is 12.5. The molecule has 0 amide bonds. The number of nitrogens with one attached hydrogen (secondary N) is 1. The smallest absolute Gasteiger partial charge is 0.339 e. The second-order valence-electron chi connectivity index (χ2n) is 5.74. The Bertz CT molecular complexity index is 1110. The molecule has 0 atom stereocenters. The first-order valence-electron chi connectivity index (χ1n) is 7.68. The van der Waals surface area contributed by atoms with Crippen molar-refractivity contribution in [1.82, 2.24) is 4.98 Å². The molecule has 1 aliphatic heterocycles. The summed E-state index contributed by atoms with van der Waals surface area (Å²) in [5, 5.41) is 20.1. The zero-order valence-corrected chi connectivity index (χ0v) is 13.6. The lowest BCUT2D eigenvalue weighted by molar-refractivity contribution is 0.0602. The van der Waals surface area contributed by atoms with Crippen molar-refractivity contribution in [3.8, 4) is 17.2 Å². The van der Waals surface area contributed by atoms with Crippen molar-refractivity contribution in [1.29, 1.82) is 0 Å². The Balaban J connectivity index is 1.80. The fourth-order valence-corrected chi connectivity index (χ4v) is 3.00. The van der Waals surface area contributed by atoms with Gasteiger partial charge in [-0.1, -0.05) is 12.1 Å². The number of benzene rings is 2. The van der Waals surface area contributed by atoms with Gasteiger partial charge in [-0.25, -0.2) is 4.79 Å². The molecule has 1 aliphatic rings. The number of ether oxygens (including phenoxy) is 2. The number of allylic oxidation sites excluding steroid dienone is 1. The van der Waals surface area contributed by atoms with E-state index in [1.54, 1.807) is 24.4 Å². The lowest BCUT2D eigenvalue weighted by Gasteiger charge is -2.01. The van der Waals surface area contributed by atoms with Gasteiger partial charge in [0.05, 0.1) is 18.2 Å². The van der Waals surface area contributed by atoms with Crippen molar-refractivity contribution in [2.75, 3.05) is 7.11 Å². The van der Waals surface area contributed by atoms with Crippen LogP contribution in [0.4, 0.5) is 0 Å². The fraction of sp³-hybridized carbons (Fsp3) is 0.0526. The lowest BCUT2D eigenvalue weighted by Crippen LogP contribution is -2.01. The summed E-state index contributed by atoms with van der Waals surface area (Å²) in [6, 6.07) is 7.48. The molecule has 3 aromatic rings. The molecule has 130 valence electrons. The van der Waals surface area contributed by atoms with Crippen LogP contribution < -0.4 is 4.74 Å². The van der Waals surface area contributed by atoms with Crippen molar-refractivity contribution < 1.29 is 29.3 Å². The van der Waals surface area contributed by atoms with E-state index in [0.29, 0.717) is 22.0 Å². The maximum Gasteiger partial charge on any atom is 0.339 e. The van der Waals surface area contributed by atoms with E-state index in [-0.39, 0.29) is 28.6 Å². The topological polar surface area (TPSA) is 109 Å². The Labute approximate surface area is 147 Å². The molecule has 0 saturated carbocycles. The number of phenolic OH excluding ortho intramolecular Hbond substituents is 2. The first-order valence-corrected chi connectivity index (χ1v) is 7.68. The molecule has 0 aliphatic carbocycles. The number of aromatic nitrogens is 1. The van der Waals surface area contributed by atoms with Crippen LogP contribution in [0.2, 0.25) is 0 Å². The van der Waals surface area contributed by atoms with Crippen LogP contribution >= 0.6 is 0 Å². The van der Waals surface area contributed by atoms with Gasteiger partial charge in [0.1, 0.15) is 22.8 Å². The molecule has 1 aromatic heterocycles. The summed E-state index contributed by atoms with van der Waals surface area (Å²) in [5.41, 5.74) is 1.59. The summed E-state index contributed by atoms with van der Waals surface area (Å²) in [7, 11) is 1.30. The van der Waals surface area contributed by atoms with E-state index in [1.807, 2.05) is 0 Å². The largest absolute Gasteiger partial charge is 0.508 e. The lowest BCUT2D eigenvalue weighted by atomic mass is 10.1. The minimum atomic E-state index is -0.490. The molecule has 4 rings (SSSR count). The molecule has 7 nitrogen and oxygen atoms in total. The fourth-order valence-electron chi connectivity index (χ4n) is 3.00. The molecule has 7 heteroatoms. The molecule has 2 aromatic carbocycles. The Kier molecular flexibility index (Phi) is 3.43. The molecule has 26 heavy (non-hydrogen) atoms. The molecule has 0 bridgehead atoms. The minimum absolute atomic E-state index is 0.00383. The number of rotatable bonds is 2. The highest BCUT2D eigenvalue weighted by Gasteiger charge is 2.31. The Morgan fingerprint density at radius 2 is 2.08 bits per heavy atom. The summed E-state index contributed by atoms with van der Waals surface area (Å²) in [5.74, 6) is -1.42. The highest BCUT2D eigenvalue weighted by atomic mass is 16.5. The molecular weight excluding hydrogens is 338 g/mol. The molecule has 0 fully saturated rings. The number of hydrogen-bond donors (Lipinski definition) is 3. The summed E-state index contributed by atoms with van der Waals surface area (Å²) in [6.07, 6.45) is 3.15. The van der Waals surface area contributed by atoms with Crippen LogP contribution in [-0.2, 0) is 4.74 Å². The van der Waals surface area contributed by atoms with Gasteiger partial charge in [0, 0.05) is 29.3 Å². The Morgan fingerprint density at radius 3 is 2.85 bits per heavy atom. The number of para-hydroxylation sites is 1. The van der Waals surface area contributed by atoms with Gasteiger partial charge in [0.2, 0.25) is 5.78 Å². The second-order valence-corrected chi connectivity index (χ2v) is 5.74. The average Bonchev–Trinajstić information content (AvgIpc) is 3.16. The monoisotopic (exact) mass is 351 g/mol. The van der Waals surface area contributed by atoms with Gasteiger partial charge in [-0.2, -0.15) is 0 Å². The van der Waals surface area contributed by atoms with E-state index in [4.69, 9.17) is 9.47 Å². The van der Waals surface area contributed by atoms with E-state index < -0.39 is 11.8 Å². The molecule has 0 radical (unpaired) electrons. The van der Waals surface area contributed by atoms with Gasteiger partial charge in [-0.05, 0) is 12.1 Å². The van der Waals surface area contributed by atoms with E-state index in [2.05, 4.69) is 4.98 Å². The summed E-state index contributed by atoms with van der Waals surface area (Å²) in [6.45, 7) is 0. The van der Waals surface area contributed by atoms with Crippen LogP contribution in [0.15, 0.2) is 42.3 Å². The highest BCUT2D eigenvalue weighted by Crippen LogP contribution is 2.41. The van der Waals surface area contributed by atoms with E-state index in [9.17, 15) is 19.8 Å².